The van der Waals surface area contributed by atoms with E-state index in [0.717, 1.165) is 54.7 Å². The molecule has 1 heterocycles. The highest BCUT2D eigenvalue weighted by molar-refractivity contribution is 5.64. The van der Waals surface area contributed by atoms with Gasteiger partial charge in [0.25, 0.3) is 0 Å². The summed E-state index contributed by atoms with van der Waals surface area (Å²) in [6.07, 6.45) is 15.3. The number of nitrogens with zero attached hydrogens (tertiary/aromatic N) is 2. The van der Waals surface area contributed by atoms with Gasteiger partial charge in [0.2, 0.25) is 0 Å². The Labute approximate surface area is 222 Å². The zero-order chi connectivity index (χ0) is 26.1. The molecule has 0 bridgehead atoms. The Kier molecular flexibility index (Phi) is 12.9. The van der Waals surface area contributed by atoms with Crippen LogP contribution in [-0.2, 0) is 0 Å². The van der Waals surface area contributed by atoms with E-state index in [4.69, 9.17) is 9.47 Å². The first-order chi connectivity index (χ1) is 18.2. The maximum Gasteiger partial charge on any atom is 0.159 e. The van der Waals surface area contributed by atoms with Crippen molar-refractivity contribution >= 4 is 0 Å². The number of ether oxygens (including phenoxy) is 2. The highest BCUT2D eigenvalue weighted by Crippen LogP contribution is 2.24. The molecule has 3 aromatic rings. The van der Waals surface area contributed by atoms with Crippen LogP contribution in [0.4, 0.5) is 4.39 Å². The van der Waals surface area contributed by atoms with E-state index in [1.54, 1.807) is 0 Å². The molecule has 0 aliphatic carbocycles. The highest BCUT2D eigenvalue weighted by atomic mass is 19.1. The second-order valence-electron chi connectivity index (χ2n) is 9.72. The van der Waals surface area contributed by atoms with Crippen LogP contribution in [0.3, 0.4) is 0 Å². The summed E-state index contributed by atoms with van der Waals surface area (Å²) in [5.74, 6) is 2.19. The van der Waals surface area contributed by atoms with Crippen molar-refractivity contribution in [1.82, 2.24) is 9.97 Å². The molecule has 3 rings (SSSR count). The number of unbranched alkanes of at least 4 members (excludes halogenated alkanes) is 8. The topological polar surface area (TPSA) is 44.2 Å². The van der Waals surface area contributed by atoms with Gasteiger partial charge in [-0.3, -0.25) is 0 Å². The summed E-state index contributed by atoms with van der Waals surface area (Å²) in [5, 5.41) is 0. The molecule has 1 atom stereocenters. The molecule has 0 spiro atoms. The molecule has 1 unspecified atom stereocenters. The molecule has 2 aromatic carbocycles. The third-order valence-corrected chi connectivity index (χ3v) is 6.52. The Bertz CT molecular complexity index is 991. The van der Waals surface area contributed by atoms with Crippen LogP contribution in [0.2, 0.25) is 0 Å². The van der Waals surface area contributed by atoms with Gasteiger partial charge in [0.15, 0.2) is 5.82 Å². The third kappa shape index (κ3) is 10.5. The van der Waals surface area contributed by atoms with Crippen LogP contribution in [0.1, 0.15) is 84.5 Å². The van der Waals surface area contributed by atoms with E-state index in [1.165, 1.54) is 38.5 Å². The number of benzene rings is 2. The predicted octanol–water partition coefficient (Wildman–Crippen LogP) is 9.24. The Morgan fingerprint density at radius 3 is 1.78 bits per heavy atom. The van der Waals surface area contributed by atoms with E-state index in [2.05, 4.69) is 23.8 Å². The zero-order valence-corrected chi connectivity index (χ0v) is 22.6. The fourth-order valence-electron chi connectivity index (χ4n) is 4.17. The van der Waals surface area contributed by atoms with Gasteiger partial charge in [0.1, 0.15) is 24.3 Å². The predicted molar refractivity (Wildman–Crippen MR) is 151 cm³/mol. The van der Waals surface area contributed by atoms with Crippen LogP contribution in [0.5, 0.6) is 11.5 Å². The monoisotopic (exact) mass is 506 g/mol. The lowest BCUT2D eigenvalue weighted by Crippen LogP contribution is -2.12. The molecule has 0 aliphatic rings. The lowest BCUT2D eigenvalue weighted by atomic mass is 10.1. The minimum absolute atomic E-state index is 0.101. The summed E-state index contributed by atoms with van der Waals surface area (Å²) in [4.78, 5) is 9.08. The Morgan fingerprint density at radius 2 is 1.16 bits per heavy atom. The second kappa shape index (κ2) is 16.7. The normalized spacial score (nSPS) is 11.9. The van der Waals surface area contributed by atoms with Crippen LogP contribution >= 0.6 is 0 Å². The average molecular weight is 507 g/mol. The van der Waals surface area contributed by atoms with Gasteiger partial charge in [-0.2, -0.15) is 0 Å². The summed E-state index contributed by atoms with van der Waals surface area (Å²) in [7, 11) is 0. The van der Waals surface area contributed by atoms with Crippen molar-refractivity contribution in [3.63, 3.8) is 0 Å². The molecule has 0 radical (unpaired) electrons. The molecule has 200 valence electrons. The van der Waals surface area contributed by atoms with Gasteiger partial charge in [-0.25, -0.2) is 14.4 Å². The quantitative estimate of drug-likeness (QED) is 0.161. The fraction of sp³-hybridized carbons (Fsp3) is 0.500. The molecule has 0 saturated heterocycles. The average Bonchev–Trinajstić information content (AvgIpc) is 2.94. The van der Waals surface area contributed by atoms with E-state index >= 15 is 0 Å². The smallest absolute Gasteiger partial charge is 0.159 e. The Balaban J connectivity index is 1.39. The SMILES string of the molecule is CCCCCCCCCCC(F)COc1ccc(-c2ncc(-c3ccc(OCCCC)cc3)cn2)cc1. The van der Waals surface area contributed by atoms with Gasteiger partial charge >= 0.3 is 0 Å². The van der Waals surface area contributed by atoms with Crippen molar-refractivity contribution in [1.29, 1.82) is 0 Å². The summed E-state index contributed by atoms with van der Waals surface area (Å²) >= 11 is 0. The van der Waals surface area contributed by atoms with Crippen molar-refractivity contribution in [3.8, 4) is 34.0 Å². The fourth-order valence-corrected chi connectivity index (χ4v) is 4.17. The van der Waals surface area contributed by atoms with Crippen molar-refractivity contribution in [2.45, 2.75) is 90.6 Å². The molecular formula is C32H43FN2O2. The summed E-state index contributed by atoms with van der Waals surface area (Å²) in [5.41, 5.74) is 2.90. The van der Waals surface area contributed by atoms with Gasteiger partial charge in [-0.05, 0) is 54.8 Å². The first-order valence-electron chi connectivity index (χ1n) is 14.1. The summed E-state index contributed by atoms with van der Waals surface area (Å²) in [6, 6.07) is 15.6. The molecule has 0 amide bonds. The maximum absolute atomic E-state index is 14.2. The maximum atomic E-state index is 14.2. The number of aromatic nitrogens is 2. The standard InChI is InChI=1S/C32H43FN2O2/c1-3-5-7-8-9-10-11-12-13-29(33)25-37-31-20-16-27(17-21-31)32-34-23-28(24-35-32)26-14-18-30(19-15-26)36-22-6-4-2/h14-21,23-24,29H,3-13,22,25H2,1-2H3. The van der Waals surface area contributed by atoms with Gasteiger partial charge in [-0.15, -0.1) is 0 Å². The minimum atomic E-state index is -0.924. The molecule has 37 heavy (non-hydrogen) atoms. The molecule has 1 aromatic heterocycles. The number of alkyl halides is 1. The third-order valence-electron chi connectivity index (χ3n) is 6.52. The van der Waals surface area contributed by atoms with Crippen LogP contribution in [0, 0.1) is 0 Å². The van der Waals surface area contributed by atoms with Crippen LogP contribution in [0.15, 0.2) is 60.9 Å². The number of hydrogen-bond donors (Lipinski definition) is 0. The van der Waals surface area contributed by atoms with Gasteiger partial charge in [0, 0.05) is 23.5 Å². The molecule has 4 nitrogen and oxygen atoms in total. The summed E-state index contributed by atoms with van der Waals surface area (Å²) in [6.45, 7) is 5.23. The summed E-state index contributed by atoms with van der Waals surface area (Å²) < 4.78 is 25.6. The van der Waals surface area contributed by atoms with Gasteiger partial charge in [-0.1, -0.05) is 83.8 Å². The molecular weight excluding hydrogens is 463 g/mol. The second-order valence-corrected chi connectivity index (χ2v) is 9.72. The van der Waals surface area contributed by atoms with Crippen molar-refractivity contribution in [2.75, 3.05) is 13.2 Å². The van der Waals surface area contributed by atoms with Crippen LogP contribution < -0.4 is 9.47 Å². The first-order valence-corrected chi connectivity index (χ1v) is 14.1. The van der Waals surface area contributed by atoms with E-state index in [9.17, 15) is 4.39 Å². The molecule has 5 heteroatoms. The molecule has 0 fully saturated rings. The van der Waals surface area contributed by atoms with Gasteiger partial charge < -0.3 is 9.47 Å². The molecule has 0 saturated carbocycles. The van der Waals surface area contributed by atoms with E-state index in [1.807, 2.05) is 60.9 Å². The van der Waals surface area contributed by atoms with Crippen molar-refractivity contribution in [2.24, 2.45) is 0 Å². The van der Waals surface area contributed by atoms with E-state index in [-0.39, 0.29) is 6.61 Å². The molecule has 0 aliphatic heterocycles. The lowest BCUT2D eigenvalue weighted by Gasteiger charge is -2.11. The molecule has 0 N–H and O–H groups in total. The Morgan fingerprint density at radius 1 is 0.622 bits per heavy atom. The zero-order valence-electron chi connectivity index (χ0n) is 22.6. The van der Waals surface area contributed by atoms with E-state index in [0.29, 0.717) is 18.0 Å². The Hall–Kier alpha value is -2.95. The van der Waals surface area contributed by atoms with Crippen molar-refractivity contribution < 1.29 is 13.9 Å². The van der Waals surface area contributed by atoms with Crippen LogP contribution in [0.25, 0.3) is 22.5 Å². The number of rotatable bonds is 18. The largest absolute Gasteiger partial charge is 0.494 e. The lowest BCUT2D eigenvalue weighted by molar-refractivity contribution is 0.184. The first kappa shape index (κ1) is 28.6. The van der Waals surface area contributed by atoms with Gasteiger partial charge in [0.05, 0.1) is 6.61 Å². The number of halogens is 1. The number of hydrogen-bond acceptors (Lipinski definition) is 4. The van der Waals surface area contributed by atoms with Crippen LogP contribution in [-0.4, -0.2) is 29.4 Å². The van der Waals surface area contributed by atoms with E-state index < -0.39 is 6.17 Å². The minimum Gasteiger partial charge on any atom is -0.494 e. The highest BCUT2D eigenvalue weighted by Gasteiger charge is 2.09. The van der Waals surface area contributed by atoms with Crippen molar-refractivity contribution in [3.05, 3.63) is 60.9 Å².